The van der Waals surface area contributed by atoms with Crippen LogP contribution in [-0.4, -0.2) is 22.7 Å². The van der Waals surface area contributed by atoms with Crippen molar-refractivity contribution in [3.05, 3.63) is 11.7 Å². The van der Waals surface area contributed by atoms with E-state index in [1.807, 2.05) is 0 Å². The van der Waals surface area contributed by atoms with Gasteiger partial charge in [-0.2, -0.15) is 18.2 Å². The van der Waals surface area contributed by atoms with E-state index in [0.29, 0.717) is 0 Å². The highest BCUT2D eigenvalue weighted by molar-refractivity contribution is 5.83. The van der Waals surface area contributed by atoms with Crippen LogP contribution in [0.2, 0.25) is 0 Å². The average molecular weight is 210 g/mol. The molecule has 0 aliphatic rings. The fraction of sp³-hybridized carbons (Fsp3) is 0.500. The van der Waals surface area contributed by atoms with E-state index in [1.54, 1.807) is 0 Å². The van der Waals surface area contributed by atoms with E-state index in [0.717, 1.165) is 0 Å². The molecule has 0 atom stereocenters. The van der Waals surface area contributed by atoms with Gasteiger partial charge >= 0.3 is 18.0 Å². The lowest BCUT2D eigenvalue weighted by molar-refractivity contribution is -0.146. The van der Waals surface area contributed by atoms with Crippen LogP contribution in [0.3, 0.4) is 0 Å². The molecule has 0 radical (unpaired) electrons. The van der Waals surface area contributed by atoms with E-state index in [4.69, 9.17) is 0 Å². The van der Waals surface area contributed by atoms with Crippen molar-refractivity contribution in [1.29, 1.82) is 0 Å². The van der Waals surface area contributed by atoms with Gasteiger partial charge in [0.05, 0.1) is 6.61 Å². The minimum atomic E-state index is -4.73. The van der Waals surface area contributed by atoms with Crippen LogP contribution in [-0.2, 0) is 10.9 Å². The molecule has 0 amide bonds. The number of nitrogens with zero attached hydrogens (tertiary/aromatic N) is 2. The monoisotopic (exact) mass is 210 g/mol. The van der Waals surface area contributed by atoms with Gasteiger partial charge in [-0.05, 0) is 6.92 Å². The second-order valence-electron chi connectivity index (χ2n) is 2.14. The normalized spacial score (nSPS) is 11.4. The Kier molecular flexibility index (Phi) is 2.73. The summed E-state index contributed by atoms with van der Waals surface area (Å²) in [5.74, 6) is -3.38. The first-order valence-electron chi connectivity index (χ1n) is 3.53. The van der Waals surface area contributed by atoms with Gasteiger partial charge < -0.3 is 9.26 Å². The van der Waals surface area contributed by atoms with E-state index in [-0.39, 0.29) is 6.61 Å². The van der Waals surface area contributed by atoms with E-state index >= 15 is 0 Å². The molecule has 0 aliphatic heterocycles. The summed E-state index contributed by atoms with van der Waals surface area (Å²) in [6, 6.07) is 0. The third kappa shape index (κ3) is 2.21. The summed E-state index contributed by atoms with van der Waals surface area (Å²) in [6.45, 7) is 1.52. The maximum Gasteiger partial charge on any atom is 0.455 e. The van der Waals surface area contributed by atoms with Crippen LogP contribution in [0.4, 0.5) is 13.2 Å². The predicted molar refractivity (Wildman–Crippen MR) is 35.3 cm³/mol. The summed E-state index contributed by atoms with van der Waals surface area (Å²) in [5, 5.41) is 2.58. The van der Waals surface area contributed by atoms with Crippen LogP contribution in [0.25, 0.3) is 0 Å². The van der Waals surface area contributed by atoms with Crippen LogP contribution in [0.1, 0.15) is 23.4 Å². The number of carbonyl (C=O) groups excluding carboxylic acids is 1. The molecule has 0 aliphatic carbocycles. The molecule has 0 N–H and O–H groups in total. The molecule has 0 unspecified atom stereocenters. The minimum absolute atomic E-state index is 0.0164. The molecule has 0 aromatic carbocycles. The Bertz CT molecular complexity index is 333. The molecule has 0 bridgehead atoms. The largest absolute Gasteiger partial charge is 0.459 e. The summed E-state index contributed by atoms with van der Waals surface area (Å²) >= 11 is 0. The Morgan fingerprint density at radius 3 is 2.64 bits per heavy atom. The first-order valence-corrected chi connectivity index (χ1v) is 3.53. The highest BCUT2D eigenvalue weighted by Crippen LogP contribution is 2.26. The van der Waals surface area contributed by atoms with Gasteiger partial charge in [0.15, 0.2) is 0 Å². The SMILES string of the molecule is CCOC(=O)c1nc(C(F)(F)F)no1. The van der Waals surface area contributed by atoms with Gasteiger partial charge in [0, 0.05) is 0 Å². The quantitative estimate of drug-likeness (QED) is 0.687. The van der Waals surface area contributed by atoms with Crippen LogP contribution >= 0.6 is 0 Å². The van der Waals surface area contributed by atoms with E-state index in [2.05, 4.69) is 19.4 Å². The van der Waals surface area contributed by atoms with E-state index in [1.165, 1.54) is 6.92 Å². The Labute approximate surface area is 75.8 Å². The average Bonchev–Trinajstić information content (AvgIpc) is 2.51. The third-order valence-corrected chi connectivity index (χ3v) is 1.13. The summed E-state index contributed by atoms with van der Waals surface area (Å²) in [5.41, 5.74) is 0. The van der Waals surface area contributed by atoms with Gasteiger partial charge in [0.25, 0.3) is 5.82 Å². The number of hydrogen-bond donors (Lipinski definition) is 0. The standard InChI is InChI=1S/C6H5F3N2O3/c1-2-13-4(12)3-10-5(11-14-3)6(7,8)9/h2H2,1H3. The minimum Gasteiger partial charge on any atom is -0.459 e. The maximum absolute atomic E-state index is 11.9. The number of alkyl halides is 3. The van der Waals surface area contributed by atoms with Gasteiger partial charge in [-0.3, -0.25) is 0 Å². The van der Waals surface area contributed by atoms with Crippen molar-refractivity contribution in [2.75, 3.05) is 6.61 Å². The molecule has 1 heterocycles. The molecule has 1 aromatic heterocycles. The summed E-state index contributed by atoms with van der Waals surface area (Å²) in [4.78, 5) is 13.6. The third-order valence-electron chi connectivity index (χ3n) is 1.13. The molecular weight excluding hydrogens is 205 g/mol. The number of ether oxygens (including phenoxy) is 1. The number of carbonyl (C=O) groups is 1. The zero-order valence-corrected chi connectivity index (χ0v) is 6.96. The second kappa shape index (κ2) is 3.64. The molecule has 14 heavy (non-hydrogen) atoms. The molecule has 0 spiro atoms. The van der Waals surface area contributed by atoms with Gasteiger partial charge in [0.2, 0.25) is 0 Å². The van der Waals surface area contributed by atoms with Crippen LogP contribution in [0.15, 0.2) is 4.52 Å². The van der Waals surface area contributed by atoms with Gasteiger partial charge in [-0.15, -0.1) is 0 Å². The number of esters is 1. The topological polar surface area (TPSA) is 65.2 Å². The molecule has 1 rings (SSSR count). The molecule has 78 valence electrons. The van der Waals surface area contributed by atoms with Gasteiger partial charge in [0.1, 0.15) is 0 Å². The van der Waals surface area contributed by atoms with Crippen molar-refractivity contribution in [2.45, 2.75) is 13.1 Å². The molecule has 0 fully saturated rings. The summed E-state index contributed by atoms with van der Waals surface area (Å²) in [7, 11) is 0. The van der Waals surface area contributed by atoms with Crippen molar-refractivity contribution >= 4 is 5.97 Å². The second-order valence-corrected chi connectivity index (χ2v) is 2.14. The van der Waals surface area contributed by atoms with Gasteiger partial charge in [-0.1, -0.05) is 5.16 Å². The van der Waals surface area contributed by atoms with Crippen molar-refractivity contribution in [3.63, 3.8) is 0 Å². The number of halogens is 3. The van der Waals surface area contributed by atoms with E-state index < -0.39 is 23.9 Å². The Morgan fingerprint density at radius 2 is 2.21 bits per heavy atom. The summed E-state index contributed by atoms with van der Waals surface area (Å²) < 4.78 is 44.1. The number of aromatic nitrogens is 2. The smallest absolute Gasteiger partial charge is 0.455 e. The van der Waals surface area contributed by atoms with Crippen molar-refractivity contribution in [2.24, 2.45) is 0 Å². The van der Waals surface area contributed by atoms with E-state index in [9.17, 15) is 18.0 Å². The molecule has 0 saturated heterocycles. The van der Waals surface area contributed by atoms with Crippen LogP contribution in [0, 0.1) is 0 Å². The van der Waals surface area contributed by atoms with Crippen molar-refractivity contribution in [1.82, 2.24) is 10.1 Å². The van der Waals surface area contributed by atoms with Crippen molar-refractivity contribution in [3.8, 4) is 0 Å². The molecule has 8 heteroatoms. The molecule has 5 nitrogen and oxygen atoms in total. The maximum atomic E-state index is 11.9. The first kappa shape index (κ1) is 10.5. The van der Waals surface area contributed by atoms with Crippen LogP contribution in [0.5, 0.6) is 0 Å². The number of hydrogen-bond acceptors (Lipinski definition) is 5. The summed E-state index contributed by atoms with van der Waals surface area (Å²) in [6.07, 6.45) is -4.73. The predicted octanol–water partition coefficient (Wildman–Crippen LogP) is 1.27. The Morgan fingerprint density at radius 1 is 1.57 bits per heavy atom. The van der Waals surface area contributed by atoms with Crippen LogP contribution < -0.4 is 0 Å². The fourth-order valence-corrected chi connectivity index (χ4v) is 0.614. The lowest BCUT2D eigenvalue weighted by Gasteiger charge is -1.96. The molecule has 0 saturated carbocycles. The lowest BCUT2D eigenvalue weighted by Crippen LogP contribution is -2.09. The fourth-order valence-electron chi connectivity index (χ4n) is 0.614. The zero-order chi connectivity index (χ0) is 10.8. The first-order chi connectivity index (χ1) is 6.45. The van der Waals surface area contributed by atoms with Gasteiger partial charge in [-0.25, -0.2) is 4.79 Å². The van der Waals surface area contributed by atoms with Crippen molar-refractivity contribution < 1.29 is 27.2 Å². The Hall–Kier alpha value is -1.60. The lowest BCUT2D eigenvalue weighted by atomic mass is 10.6. The highest BCUT2D eigenvalue weighted by atomic mass is 19.4. The highest BCUT2D eigenvalue weighted by Gasteiger charge is 2.38. The Balaban J connectivity index is 2.83. The molecular formula is C6H5F3N2O3. The molecule has 1 aromatic rings. The zero-order valence-electron chi connectivity index (χ0n) is 6.96. The number of rotatable bonds is 2.